The van der Waals surface area contributed by atoms with Gasteiger partial charge in [-0.3, -0.25) is 24.2 Å². The summed E-state index contributed by atoms with van der Waals surface area (Å²) in [6.45, 7) is 19.2. The first-order chi connectivity index (χ1) is 25.5. The molecule has 54 heavy (non-hydrogen) atoms. The molecule has 3 amide bonds. The molecule has 2 aromatic carbocycles. The Morgan fingerprint density at radius 3 is 2.43 bits per heavy atom. The lowest BCUT2D eigenvalue weighted by atomic mass is 9.96. The fourth-order valence-corrected chi connectivity index (χ4v) is 7.41. The zero-order chi connectivity index (χ0) is 39.6. The van der Waals surface area contributed by atoms with Crippen molar-refractivity contribution in [2.75, 3.05) is 13.2 Å². The molecule has 2 aliphatic rings. The van der Waals surface area contributed by atoms with Crippen molar-refractivity contribution in [3.63, 3.8) is 0 Å². The van der Waals surface area contributed by atoms with Gasteiger partial charge in [-0.1, -0.05) is 84.0 Å². The van der Waals surface area contributed by atoms with E-state index in [1.807, 2.05) is 88.4 Å². The van der Waals surface area contributed by atoms with Crippen LogP contribution in [-0.4, -0.2) is 74.4 Å². The summed E-state index contributed by atoms with van der Waals surface area (Å²) in [4.78, 5) is 55.6. The second-order valence-corrected chi connectivity index (χ2v) is 21.2. The number of nitrogens with zero attached hydrogens (tertiary/aromatic N) is 1. The highest BCUT2D eigenvalue weighted by Gasteiger charge is 2.40. The van der Waals surface area contributed by atoms with Gasteiger partial charge in [-0.15, -0.1) is 0 Å². The third-order valence-corrected chi connectivity index (χ3v) is 15.1. The van der Waals surface area contributed by atoms with Crippen molar-refractivity contribution < 1.29 is 33.1 Å². The van der Waals surface area contributed by atoms with Crippen LogP contribution in [0.1, 0.15) is 90.8 Å². The van der Waals surface area contributed by atoms with Gasteiger partial charge in [-0.2, -0.15) is 0 Å². The number of hydrogen-bond acceptors (Lipinski definition) is 8. The van der Waals surface area contributed by atoms with E-state index in [1.165, 1.54) is 5.01 Å². The molecule has 2 aromatic rings. The average Bonchev–Trinajstić information content (AvgIpc) is 3.12. The predicted octanol–water partition coefficient (Wildman–Crippen LogP) is 6.33. The van der Waals surface area contributed by atoms with Crippen molar-refractivity contribution in [1.82, 2.24) is 21.1 Å². The summed E-state index contributed by atoms with van der Waals surface area (Å²) < 4.78 is 18.3. The van der Waals surface area contributed by atoms with E-state index in [-0.39, 0.29) is 36.0 Å². The number of fused-ring (bicyclic) bond motifs is 4. The van der Waals surface area contributed by atoms with E-state index in [1.54, 1.807) is 0 Å². The molecule has 0 saturated carbocycles. The normalized spacial score (nSPS) is 24.8. The maximum Gasteiger partial charge on any atom is 0.325 e. The summed E-state index contributed by atoms with van der Waals surface area (Å²) >= 11 is 0. The summed E-state index contributed by atoms with van der Waals surface area (Å²) in [6, 6.07) is 12.8. The number of benzene rings is 2. The first-order valence-electron chi connectivity index (χ1n) is 19.5. The lowest BCUT2D eigenvalue weighted by molar-refractivity contribution is -0.154. The van der Waals surface area contributed by atoms with Crippen LogP contribution < -0.4 is 20.5 Å². The van der Waals surface area contributed by atoms with E-state index in [2.05, 4.69) is 49.9 Å². The van der Waals surface area contributed by atoms with Crippen LogP contribution in [0.4, 0.5) is 0 Å². The molecule has 1 saturated heterocycles. The van der Waals surface area contributed by atoms with E-state index < -0.39 is 50.1 Å². The van der Waals surface area contributed by atoms with E-state index in [0.717, 1.165) is 16.7 Å². The lowest BCUT2D eigenvalue weighted by Crippen LogP contribution is -2.62. The Morgan fingerprint density at radius 2 is 1.72 bits per heavy atom. The predicted molar refractivity (Wildman–Crippen MR) is 214 cm³/mol. The second kappa shape index (κ2) is 19.0. The number of cyclic esters (lactones) is 1. The molecule has 3 N–H and O–H groups in total. The molecule has 296 valence electrons. The number of allylic oxidation sites excluding steroid dienone is 1. The SMILES string of the molecule is CCO[C@@H]1CC/C=C\c2cccc(c2)COC(=O)[C@@H]2CCCN(N2)C(=O)[C@H](Cc2cccc(O[Si](C)(C)C(C)(C)C)c2)NC(=O)[C@H](C(C)C)NC(=O)[C@@H]1C. The highest BCUT2D eigenvalue weighted by Crippen LogP contribution is 2.37. The highest BCUT2D eigenvalue weighted by atomic mass is 28.4. The second-order valence-electron chi connectivity index (χ2n) is 16.4. The first-order valence-corrected chi connectivity index (χ1v) is 22.4. The average molecular weight is 763 g/mol. The van der Waals surface area contributed by atoms with Gasteiger partial charge in [0, 0.05) is 19.6 Å². The molecule has 0 aromatic heterocycles. The summed E-state index contributed by atoms with van der Waals surface area (Å²) in [5, 5.41) is 7.38. The van der Waals surface area contributed by atoms with Gasteiger partial charge >= 0.3 is 5.97 Å². The Morgan fingerprint density at radius 1 is 0.981 bits per heavy atom. The van der Waals surface area contributed by atoms with Gasteiger partial charge in [-0.25, -0.2) is 5.43 Å². The molecule has 0 unspecified atom stereocenters. The topological polar surface area (TPSA) is 135 Å². The van der Waals surface area contributed by atoms with E-state index >= 15 is 0 Å². The van der Waals surface area contributed by atoms with E-state index in [0.29, 0.717) is 44.6 Å². The van der Waals surface area contributed by atoms with Crippen molar-refractivity contribution in [2.45, 2.75) is 130 Å². The Labute approximate surface area is 323 Å². The smallest absolute Gasteiger partial charge is 0.325 e. The van der Waals surface area contributed by atoms with Crippen molar-refractivity contribution in [1.29, 1.82) is 0 Å². The van der Waals surface area contributed by atoms with Crippen molar-refractivity contribution in [2.24, 2.45) is 11.8 Å². The van der Waals surface area contributed by atoms with Crippen LogP contribution in [0.25, 0.3) is 6.08 Å². The number of nitrogens with one attached hydrogen (secondary N) is 3. The van der Waals surface area contributed by atoms with E-state index in [4.69, 9.17) is 13.9 Å². The minimum Gasteiger partial charge on any atom is -0.543 e. The quantitative estimate of drug-likeness (QED) is 0.220. The molecule has 11 nitrogen and oxygen atoms in total. The third-order valence-electron chi connectivity index (χ3n) is 10.7. The van der Waals surface area contributed by atoms with Gasteiger partial charge < -0.3 is 24.5 Å². The standard InChI is InChI=1S/C42H62N4O7Si/c1-10-51-36-22-12-11-16-30-17-13-19-32(24-30)27-52-41(50)34-21-15-23-46(45-34)40(49)35(43-39(48)37(28(2)3)44-38(47)29(36)4)26-31-18-14-20-33(25-31)53-54(8,9)42(5,6)7/h11,13-14,16-20,24-25,28-29,34-37,45H,10,12,15,21-23,26-27H2,1-9H3,(H,43,48)(H,44,47)/b16-11-/t29-,34+,35+,36-,37+/m1/s1. The molecule has 5 atom stereocenters. The van der Waals surface area contributed by atoms with Crippen molar-refractivity contribution >= 4 is 38.1 Å². The van der Waals surface area contributed by atoms with Gasteiger partial charge in [0.15, 0.2) is 0 Å². The number of hydrogen-bond donors (Lipinski definition) is 3. The number of carbonyl (C=O) groups is 4. The van der Waals surface area contributed by atoms with Crippen LogP contribution in [0.3, 0.4) is 0 Å². The van der Waals surface area contributed by atoms with Crippen LogP contribution in [0.2, 0.25) is 18.1 Å². The van der Waals surface area contributed by atoms with E-state index in [9.17, 15) is 19.2 Å². The zero-order valence-electron chi connectivity index (χ0n) is 33.7. The summed E-state index contributed by atoms with van der Waals surface area (Å²) in [7, 11) is -2.15. The van der Waals surface area contributed by atoms with Gasteiger partial charge in [0.25, 0.3) is 5.91 Å². The maximum atomic E-state index is 14.4. The number of rotatable bonds is 7. The molecule has 4 bridgehead atoms. The molecular weight excluding hydrogens is 701 g/mol. The minimum atomic E-state index is -2.15. The van der Waals surface area contributed by atoms with Crippen LogP contribution in [0.5, 0.6) is 5.75 Å². The summed E-state index contributed by atoms with van der Waals surface area (Å²) in [5.74, 6) is -1.70. The van der Waals surface area contributed by atoms with Crippen LogP contribution >= 0.6 is 0 Å². The van der Waals surface area contributed by atoms with Gasteiger partial charge in [0.1, 0.15) is 30.5 Å². The summed E-state index contributed by atoms with van der Waals surface area (Å²) in [5.41, 5.74) is 5.70. The fraction of sp³-hybridized carbons (Fsp3) is 0.571. The number of esters is 1. The number of carbonyl (C=O) groups excluding carboxylic acids is 4. The Bertz CT molecular complexity index is 1640. The molecule has 1 fully saturated rings. The van der Waals surface area contributed by atoms with Gasteiger partial charge in [-0.05, 0) is 91.5 Å². The maximum absolute atomic E-state index is 14.4. The molecule has 0 radical (unpaired) electrons. The molecule has 2 aliphatic heterocycles. The Kier molecular flexibility index (Phi) is 15.1. The Balaban J connectivity index is 1.67. The largest absolute Gasteiger partial charge is 0.543 e. The van der Waals surface area contributed by atoms with Crippen molar-refractivity contribution in [3.8, 4) is 5.75 Å². The number of ether oxygens (including phenoxy) is 2. The zero-order valence-corrected chi connectivity index (χ0v) is 34.7. The third kappa shape index (κ3) is 11.7. The first kappa shape index (κ1) is 42.7. The summed E-state index contributed by atoms with van der Waals surface area (Å²) in [6.07, 6.45) is 6.19. The molecule has 4 rings (SSSR count). The van der Waals surface area contributed by atoms with Crippen LogP contribution in [0, 0.1) is 11.8 Å². The van der Waals surface area contributed by atoms with Gasteiger partial charge in [0.05, 0.1) is 12.0 Å². The molecule has 2 heterocycles. The fourth-order valence-electron chi connectivity index (χ4n) is 6.39. The van der Waals surface area contributed by atoms with Crippen LogP contribution in [-0.2, 0) is 41.7 Å². The monoisotopic (exact) mass is 762 g/mol. The molecule has 12 heteroatoms. The Hall–Kier alpha value is -4.00. The molecular formula is C42H62N4O7Si. The minimum absolute atomic E-state index is 0.0137. The number of hydrazine groups is 1. The van der Waals surface area contributed by atoms with Crippen LogP contribution in [0.15, 0.2) is 54.6 Å². The molecule has 0 aliphatic carbocycles. The van der Waals surface area contributed by atoms with Crippen molar-refractivity contribution in [3.05, 3.63) is 71.3 Å². The molecule has 0 spiro atoms. The van der Waals surface area contributed by atoms with Gasteiger partial charge in [0.2, 0.25) is 20.1 Å². The highest BCUT2D eigenvalue weighted by molar-refractivity contribution is 6.74. The lowest BCUT2D eigenvalue weighted by Gasteiger charge is -2.36. The number of amides is 3.